The third-order valence-corrected chi connectivity index (χ3v) is 5.76. The Kier molecular flexibility index (Phi) is 5.28. The molecule has 0 aromatic carbocycles. The van der Waals surface area contributed by atoms with Crippen molar-refractivity contribution in [2.24, 2.45) is 5.92 Å². The van der Waals surface area contributed by atoms with Crippen LogP contribution in [0, 0.1) is 5.92 Å². The fourth-order valence-corrected chi connectivity index (χ4v) is 4.11. The van der Waals surface area contributed by atoms with Gasteiger partial charge in [0.25, 0.3) is 5.56 Å². The van der Waals surface area contributed by atoms with Crippen LogP contribution in [-0.4, -0.2) is 32.4 Å². The lowest BCUT2D eigenvalue weighted by Gasteiger charge is -2.09. The number of hydrogen-bond acceptors (Lipinski definition) is 8. The molecule has 3 rings (SSSR count). The molecule has 0 spiro atoms. The molecule has 0 saturated heterocycles. The number of anilines is 1. The zero-order chi connectivity index (χ0) is 18.8. The Labute approximate surface area is 158 Å². The van der Waals surface area contributed by atoms with Crippen molar-refractivity contribution in [3.63, 3.8) is 0 Å². The van der Waals surface area contributed by atoms with Crippen LogP contribution in [0.25, 0.3) is 11.0 Å². The van der Waals surface area contributed by atoms with Gasteiger partial charge in [0.15, 0.2) is 10.9 Å². The molecule has 2 aromatic rings. The summed E-state index contributed by atoms with van der Waals surface area (Å²) in [5.41, 5.74) is 6.73. The van der Waals surface area contributed by atoms with Crippen LogP contribution in [0.5, 0.6) is 0 Å². The molecular formula is C17H18N4O3S2. The van der Waals surface area contributed by atoms with Crippen molar-refractivity contribution in [1.29, 1.82) is 0 Å². The number of hydrogen-bond donors (Lipinski definition) is 1. The Bertz CT molecular complexity index is 1010. The van der Waals surface area contributed by atoms with E-state index in [-0.39, 0.29) is 22.9 Å². The topological polar surface area (TPSA) is 99.6 Å². The van der Waals surface area contributed by atoms with Crippen LogP contribution in [-0.2, 0) is 9.53 Å². The van der Waals surface area contributed by atoms with Gasteiger partial charge >= 0.3 is 0 Å². The van der Waals surface area contributed by atoms with E-state index in [0.29, 0.717) is 21.6 Å². The first-order valence-electron chi connectivity index (χ1n) is 7.91. The number of methoxy groups -OCH3 is 1. The lowest BCUT2D eigenvalue weighted by atomic mass is 10.0. The van der Waals surface area contributed by atoms with E-state index in [1.54, 1.807) is 34.4 Å². The summed E-state index contributed by atoms with van der Waals surface area (Å²) in [4.78, 5) is 28.6. The SMILES string of the molecule is COC1=C/C(=C/c2c(N)n3c(SCC(C)C)nsc3nc2=O)C=CC1=O. The van der Waals surface area contributed by atoms with Crippen LogP contribution >= 0.6 is 23.3 Å². The Morgan fingerprint density at radius 3 is 2.85 bits per heavy atom. The third-order valence-electron chi connectivity index (χ3n) is 3.58. The second-order valence-corrected chi connectivity index (χ2v) is 7.78. The maximum absolute atomic E-state index is 12.4. The number of ether oxygens (including phenoxy) is 1. The van der Waals surface area contributed by atoms with Gasteiger partial charge in [0.05, 0.1) is 12.7 Å². The molecular weight excluding hydrogens is 372 g/mol. The summed E-state index contributed by atoms with van der Waals surface area (Å²) < 4.78 is 11.1. The van der Waals surface area contributed by atoms with Gasteiger partial charge < -0.3 is 10.5 Å². The number of allylic oxidation sites excluding steroid dienone is 4. The Morgan fingerprint density at radius 2 is 2.15 bits per heavy atom. The standard InChI is InChI=1S/C17H18N4O3S2/c1-9(2)8-25-17-20-26-16-19-15(23)11(14(18)21(16)17)6-10-4-5-12(22)13(7-10)24-3/h4-7,9H,8,18H2,1-3H3/b10-6+. The molecule has 1 aliphatic rings. The van der Waals surface area contributed by atoms with Crippen molar-refractivity contribution < 1.29 is 9.53 Å². The predicted molar refractivity (Wildman–Crippen MR) is 104 cm³/mol. The minimum atomic E-state index is -0.434. The largest absolute Gasteiger partial charge is 0.493 e. The van der Waals surface area contributed by atoms with Crippen molar-refractivity contribution in [2.75, 3.05) is 18.6 Å². The number of rotatable bonds is 5. The molecule has 0 radical (unpaired) electrons. The number of nitrogens with zero attached hydrogens (tertiary/aromatic N) is 3. The van der Waals surface area contributed by atoms with E-state index in [2.05, 4.69) is 23.2 Å². The predicted octanol–water partition coefficient (Wildman–Crippen LogP) is 2.53. The number of nitrogen functional groups attached to an aromatic ring is 1. The zero-order valence-corrected chi connectivity index (χ0v) is 16.2. The van der Waals surface area contributed by atoms with Gasteiger partial charge in [-0.2, -0.15) is 9.36 Å². The summed E-state index contributed by atoms with van der Waals surface area (Å²) in [6.45, 7) is 4.24. The minimum Gasteiger partial charge on any atom is -0.493 e. The molecule has 2 aromatic heterocycles. The highest BCUT2D eigenvalue weighted by atomic mass is 32.2. The molecule has 26 heavy (non-hydrogen) atoms. The number of ketones is 1. The van der Waals surface area contributed by atoms with Gasteiger partial charge in [-0.15, -0.1) is 0 Å². The highest BCUT2D eigenvalue weighted by Crippen LogP contribution is 2.26. The molecule has 0 bridgehead atoms. The van der Waals surface area contributed by atoms with Crippen LogP contribution in [0.1, 0.15) is 19.4 Å². The van der Waals surface area contributed by atoms with Crippen molar-refractivity contribution >= 4 is 45.9 Å². The van der Waals surface area contributed by atoms with Crippen LogP contribution in [0.3, 0.4) is 0 Å². The number of fused-ring (bicyclic) bond motifs is 1. The van der Waals surface area contributed by atoms with Gasteiger partial charge in [0.1, 0.15) is 5.82 Å². The van der Waals surface area contributed by atoms with Crippen molar-refractivity contribution in [2.45, 2.75) is 19.0 Å². The van der Waals surface area contributed by atoms with Crippen molar-refractivity contribution in [1.82, 2.24) is 13.8 Å². The molecule has 0 amide bonds. The molecule has 0 aliphatic heterocycles. The summed E-state index contributed by atoms with van der Waals surface area (Å²) in [5.74, 6) is 1.64. The Morgan fingerprint density at radius 1 is 1.38 bits per heavy atom. The van der Waals surface area contributed by atoms with Crippen LogP contribution in [0.2, 0.25) is 0 Å². The second-order valence-electron chi connectivity index (χ2n) is 6.06. The monoisotopic (exact) mass is 390 g/mol. The highest BCUT2D eigenvalue weighted by molar-refractivity contribution is 7.99. The smallest absolute Gasteiger partial charge is 0.283 e. The molecule has 9 heteroatoms. The number of nitrogens with two attached hydrogens (primary N) is 1. The first kappa shape index (κ1) is 18.4. The first-order valence-corrected chi connectivity index (χ1v) is 9.67. The summed E-state index contributed by atoms with van der Waals surface area (Å²) >= 11 is 2.72. The van der Waals surface area contributed by atoms with E-state index in [9.17, 15) is 9.59 Å². The highest BCUT2D eigenvalue weighted by Gasteiger charge is 2.17. The lowest BCUT2D eigenvalue weighted by molar-refractivity contribution is -0.114. The fraction of sp³-hybridized carbons (Fsp3) is 0.294. The normalized spacial score (nSPS) is 15.9. The van der Waals surface area contributed by atoms with Gasteiger partial charge in [0.2, 0.25) is 10.7 Å². The molecule has 2 heterocycles. The maximum Gasteiger partial charge on any atom is 0.283 e. The average molecular weight is 390 g/mol. The maximum atomic E-state index is 12.4. The number of carbonyl (C=O) groups is 1. The second kappa shape index (κ2) is 7.46. The van der Waals surface area contributed by atoms with Gasteiger partial charge in [-0.05, 0) is 29.7 Å². The van der Waals surface area contributed by atoms with Crippen LogP contribution < -0.4 is 11.3 Å². The molecule has 136 valence electrons. The summed E-state index contributed by atoms with van der Waals surface area (Å²) in [6, 6.07) is 0. The average Bonchev–Trinajstić information content (AvgIpc) is 3.01. The van der Waals surface area contributed by atoms with Crippen molar-refractivity contribution in [3.05, 3.63) is 45.5 Å². The lowest BCUT2D eigenvalue weighted by Crippen LogP contribution is -2.17. The molecule has 0 unspecified atom stereocenters. The molecule has 1 aliphatic carbocycles. The van der Waals surface area contributed by atoms with E-state index in [1.807, 2.05) is 0 Å². The van der Waals surface area contributed by atoms with Crippen molar-refractivity contribution in [3.8, 4) is 0 Å². The Balaban J connectivity index is 2.09. The summed E-state index contributed by atoms with van der Waals surface area (Å²) in [7, 11) is 1.42. The van der Waals surface area contributed by atoms with Crippen LogP contribution in [0.15, 0.2) is 39.5 Å². The Hall–Kier alpha value is -2.39. The van der Waals surface area contributed by atoms with E-state index in [0.717, 1.165) is 17.3 Å². The number of thioether (sulfide) groups is 1. The van der Waals surface area contributed by atoms with E-state index in [4.69, 9.17) is 10.5 Å². The van der Waals surface area contributed by atoms with E-state index >= 15 is 0 Å². The summed E-state index contributed by atoms with van der Waals surface area (Å²) in [6.07, 6.45) is 6.17. The van der Waals surface area contributed by atoms with Crippen LogP contribution in [0.4, 0.5) is 5.82 Å². The fourth-order valence-electron chi connectivity index (χ4n) is 2.31. The van der Waals surface area contributed by atoms with Gasteiger partial charge in [-0.25, -0.2) is 4.40 Å². The third kappa shape index (κ3) is 3.58. The van der Waals surface area contributed by atoms with Gasteiger partial charge in [0, 0.05) is 17.3 Å². The molecule has 0 saturated carbocycles. The number of carbonyl (C=O) groups excluding carboxylic acids is 1. The molecule has 2 N–H and O–H groups in total. The number of aromatic nitrogens is 3. The first-order chi connectivity index (χ1) is 12.4. The molecule has 0 fully saturated rings. The van der Waals surface area contributed by atoms with Gasteiger partial charge in [-0.1, -0.05) is 31.7 Å². The zero-order valence-electron chi connectivity index (χ0n) is 14.6. The van der Waals surface area contributed by atoms with E-state index in [1.165, 1.54) is 13.2 Å². The molecule has 7 nitrogen and oxygen atoms in total. The minimum absolute atomic E-state index is 0.205. The molecule has 0 atom stereocenters. The van der Waals surface area contributed by atoms with E-state index < -0.39 is 5.56 Å². The summed E-state index contributed by atoms with van der Waals surface area (Å²) in [5, 5.41) is 0.714. The quantitative estimate of drug-likeness (QED) is 0.783. The van der Waals surface area contributed by atoms with Gasteiger partial charge in [-0.3, -0.25) is 9.59 Å².